The normalized spacial score (nSPS) is 15.6. The SMILES string of the molecule is COc1ccccc1/C=C1/C(=O)NC(=O)c2ccccc21. The molecule has 1 N–H and O–H groups in total. The maximum atomic E-state index is 12.1. The molecule has 0 aromatic heterocycles. The first kappa shape index (κ1) is 13.1. The fourth-order valence-corrected chi connectivity index (χ4v) is 2.36. The van der Waals surface area contributed by atoms with Crippen LogP contribution in [0.4, 0.5) is 0 Å². The summed E-state index contributed by atoms with van der Waals surface area (Å²) in [5.41, 5.74) is 2.37. The van der Waals surface area contributed by atoms with Crippen LogP contribution >= 0.6 is 0 Å². The third-order valence-corrected chi connectivity index (χ3v) is 3.37. The highest BCUT2D eigenvalue weighted by Gasteiger charge is 2.26. The molecule has 1 aliphatic rings. The second-order valence-electron chi connectivity index (χ2n) is 4.63. The molecular weight excluding hydrogens is 266 g/mol. The molecular formula is C17H13NO3. The third-order valence-electron chi connectivity index (χ3n) is 3.37. The van der Waals surface area contributed by atoms with Crippen LogP contribution in [0, 0.1) is 0 Å². The van der Waals surface area contributed by atoms with Gasteiger partial charge < -0.3 is 4.74 Å². The number of fused-ring (bicyclic) bond motifs is 1. The Kier molecular flexibility index (Phi) is 3.28. The second kappa shape index (κ2) is 5.25. The lowest BCUT2D eigenvalue weighted by Crippen LogP contribution is -2.36. The van der Waals surface area contributed by atoms with Crippen molar-refractivity contribution < 1.29 is 14.3 Å². The van der Waals surface area contributed by atoms with E-state index in [1.54, 1.807) is 37.5 Å². The van der Waals surface area contributed by atoms with Crippen LogP contribution in [0.15, 0.2) is 48.5 Å². The van der Waals surface area contributed by atoms with Gasteiger partial charge >= 0.3 is 0 Å². The van der Waals surface area contributed by atoms with E-state index >= 15 is 0 Å². The Bertz CT molecular complexity index is 762. The molecule has 0 fully saturated rings. The minimum absolute atomic E-state index is 0.368. The summed E-state index contributed by atoms with van der Waals surface area (Å²) < 4.78 is 5.29. The number of hydrogen-bond acceptors (Lipinski definition) is 3. The van der Waals surface area contributed by atoms with E-state index in [4.69, 9.17) is 4.74 Å². The van der Waals surface area contributed by atoms with E-state index in [9.17, 15) is 9.59 Å². The van der Waals surface area contributed by atoms with Gasteiger partial charge in [0, 0.05) is 16.7 Å². The number of carbonyl (C=O) groups is 2. The van der Waals surface area contributed by atoms with Crippen molar-refractivity contribution in [3.8, 4) is 5.75 Å². The van der Waals surface area contributed by atoms with Gasteiger partial charge in [0.25, 0.3) is 11.8 Å². The number of methoxy groups -OCH3 is 1. The van der Waals surface area contributed by atoms with Crippen LogP contribution in [-0.2, 0) is 4.79 Å². The molecule has 0 radical (unpaired) electrons. The van der Waals surface area contributed by atoms with E-state index in [0.717, 1.165) is 5.56 Å². The van der Waals surface area contributed by atoms with Crippen LogP contribution in [0.3, 0.4) is 0 Å². The minimum atomic E-state index is -0.399. The average Bonchev–Trinajstić information content (AvgIpc) is 2.52. The lowest BCUT2D eigenvalue weighted by molar-refractivity contribution is -0.114. The molecule has 0 unspecified atom stereocenters. The molecule has 2 amide bonds. The molecule has 0 spiro atoms. The summed E-state index contributed by atoms with van der Waals surface area (Å²) in [7, 11) is 1.58. The predicted molar refractivity (Wildman–Crippen MR) is 79.8 cm³/mol. The van der Waals surface area contributed by atoms with Gasteiger partial charge in [0.05, 0.1) is 7.11 Å². The lowest BCUT2D eigenvalue weighted by Gasteiger charge is -2.18. The van der Waals surface area contributed by atoms with Crippen molar-refractivity contribution in [3.63, 3.8) is 0 Å². The van der Waals surface area contributed by atoms with Gasteiger partial charge in [0.15, 0.2) is 0 Å². The molecule has 3 rings (SSSR count). The summed E-state index contributed by atoms with van der Waals surface area (Å²) in [5.74, 6) is -0.0930. The summed E-state index contributed by atoms with van der Waals surface area (Å²) >= 11 is 0. The second-order valence-corrected chi connectivity index (χ2v) is 4.63. The number of rotatable bonds is 2. The van der Waals surface area contributed by atoms with Gasteiger partial charge in [-0.3, -0.25) is 14.9 Å². The van der Waals surface area contributed by atoms with E-state index in [0.29, 0.717) is 22.4 Å². The number of hydrogen-bond donors (Lipinski definition) is 1. The minimum Gasteiger partial charge on any atom is -0.496 e. The molecule has 4 heteroatoms. The van der Waals surface area contributed by atoms with Crippen molar-refractivity contribution in [2.24, 2.45) is 0 Å². The Balaban J connectivity index is 2.17. The number of amides is 2. The Morgan fingerprint density at radius 2 is 1.57 bits per heavy atom. The number of ether oxygens (including phenoxy) is 1. The molecule has 1 aliphatic heterocycles. The zero-order valence-electron chi connectivity index (χ0n) is 11.4. The molecule has 0 saturated carbocycles. The number of para-hydroxylation sites is 1. The van der Waals surface area contributed by atoms with Crippen molar-refractivity contribution in [1.82, 2.24) is 5.32 Å². The van der Waals surface area contributed by atoms with Crippen molar-refractivity contribution >= 4 is 23.5 Å². The monoisotopic (exact) mass is 279 g/mol. The lowest BCUT2D eigenvalue weighted by atomic mass is 9.93. The van der Waals surface area contributed by atoms with Crippen molar-refractivity contribution in [3.05, 3.63) is 65.2 Å². The number of carbonyl (C=O) groups excluding carboxylic acids is 2. The molecule has 0 aliphatic carbocycles. The maximum Gasteiger partial charge on any atom is 0.258 e. The fourth-order valence-electron chi connectivity index (χ4n) is 2.36. The maximum absolute atomic E-state index is 12.1. The Morgan fingerprint density at radius 3 is 2.33 bits per heavy atom. The first-order chi connectivity index (χ1) is 10.2. The zero-order valence-corrected chi connectivity index (χ0v) is 11.4. The van der Waals surface area contributed by atoms with E-state index in [1.807, 2.05) is 24.3 Å². The highest BCUT2D eigenvalue weighted by atomic mass is 16.5. The van der Waals surface area contributed by atoms with Gasteiger partial charge in [-0.1, -0.05) is 36.4 Å². The number of nitrogens with one attached hydrogen (secondary N) is 1. The van der Waals surface area contributed by atoms with E-state index < -0.39 is 5.91 Å². The number of benzene rings is 2. The topological polar surface area (TPSA) is 55.4 Å². The van der Waals surface area contributed by atoms with E-state index in [-0.39, 0.29) is 5.91 Å². The Hall–Kier alpha value is -2.88. The fraction of sp³-hybridized carbons (Fsp3) is 0.0588. The standard InChI is InChI=1S/C17H13NO3/c1-21-15-9-5-2-6-11(15)10-14-12-7-3-4-8-13(12)16(19)18-17(14)20/h2-10H,1H3,(H,18,19,20)/b14-10+. The van der Waals surface area contributed by atoms with Crippen molar-refractivity contribution in [1.29, 1.82) is 0 Å². The van der Waals surface area contributed by atoms with Crippen LogP contribution in [0.2, 0.25) is 0 Å². The summed E-state index contributed by atoms with van der Waals surface area (Å²) in [4.78, 5) is 24.0. The molecule has 21 heavy (non-hydrogen) atoms. The Labute approximate surface area is 122 Å². The van der Waals surface area contributed by atoms with Crippen LogP contribution in [0.25, 0.3) is 11.6 Å². The van der Waals surface area contributed by atoms with Crippen LogP contribution < -0.4 is 10.1 Å². The predicted octanol–water partition coefficient (Wildman–Crippen LogP) is 2.51. The molecule has 0 saturated heterocycles. The first-order valence-corrected chi connectivity index (χ1v) is 6.50. The first-order valence-electron chi connectivity index (χ1n) is 6.50. The van der Waals surface area contributed by atoms with Crippen molar-refractivity contribution in [2.45, 2.75) is 0 Å². The van der Waals surface area contributed by atoms with Crippen LogP contribution in [0.5, 0.6) is 5.75 Å². The van der Waals surface area contributed by atoms with Crippen LogP contribution in [-0.4, -0.2) is 18.9 Å². The van der Waals surface area contributed by atoms with Gasteiger partial charge in [0.2, 0.25) is 0 Å². The molecule has 2 aromatic carbocycles. The van der Waals surface area contributed by atoms with Gasteiger partial charge in [-0.05, 0) is 23.8 Å². The van der Waals surface area contributed by atoms with Gasteiger partial charge in [0.1, 0.15) is 5.75 Å². The average molecular weight is 279 g/mol. The number of imide groups is 1. The quantitative estimate of drug-likeness (QED) is 0.679. The van der Waals surface area contributed by atoms with Crippen molar-refractivity contribution in [2.75, 3.05) is 7.11 Å². The molecule has 0 bridgehead atoms. The molecule has 1 heterocycles. The highest BCUT2D eigenvalue weighted by Crippen LogP contribution is 2.28. The molecule has 4 nitrogen and oxygen atoms in total. The molecule has 104 valence electrons. The largest absolute Gasteiger partial charge is 0.496 e. The zero-order chi connectivity index (χ0) is 14.8. The smallest absolute Gasteiger partial charge is 0.258 e. The van der Waals surface area contributed by atoms with Gasteiger partial charge in [-0.25, -0.2) is 0 Å². The molecule has 2 aromatic rings. The summed E-state index contributed by atoms with van der Waals surface area (Å²) in [6.45, 7) is 0. The molecule has 0 atom stereocenters. The van der Waals surface area contributed by atoms with Gasteiger partial charge in [-0.2, -0.15) is 0 Å². The van der Waals surface area contributed by atoms with E-state index in [2.05, 4.69) is 5.32 Å². The highest BCUT2D eigenvalue weighted by molar-refractivity contribution is 6.34. The summed E-state index contributed by atoms with van der Waals surface area (Å²) in [5, 5.41) is 2.36. The third kappa shape index (κ3) is 2.31. The summed E-state index contributed by atoms with van der Waals surface area (Å²) in [6.07, 6.45) is 1.74. The van der Waals surface area contributed by atoms with E-state index in [1.165, 1.54) is 0 Å². The Morgan fingerprint density at radius 1 is 0.905 bits per heavy atom. The van der Waals surface area contributed by atoms with Gasteiger partial charge in [-0.15, -0.1) is 0 Å². The summed E-state index contributed by atoms with van der Waals surface area (Å²) in [6, 6.07) is 14.5. The van der Waals surface area contributed by atoms with Crippen LogP contribution in [0.1, 0.15) is 21.5 Å².